The average molecular weight is 843 g/mol. The van der Waals surface area contributed by atoms with Gasteiger partial charge in [-0.2, -0.15) is 21.0 Å². The molecule has 0 saturated heterocycles. The van der Waals surface area contributed by atoms with Crippen LogP contribution in [0, 0.1) is 45.3 Å². The van der Waals surface area contributed by atoms with Crippen molar-refractivity contribution in [3.63, 3.8) is 0 Å². The second kappa shape index (κ2) is 28.3. The molecule has 0 atom stereocenters. The van der Waals surface area contributed by atoms with Crippen LogP contribution in [0.2, 0.25) is 0 Å². The Balaban J connectivity index is 1.48. The largest absolute Gasteiger partial charge is 0.453 e. The Kier molecular flexibility index (Phi) is 22.5. The Morgan fingerprint density at radius 1 is 0.419 bits per heavy atom. The van der Waals surface area contributed by atoms with Gasteiger partial charge in [0.15, 0.2) is 32.8 Å². The van der Waals surface area contributed by atoms with Gasteiger partial charge in [-0.1, -0.05) is 181 Å². The molecule has 4 rings (SSSR count). The number of rotatable bonds is 30. The van der Waals surface area contributed by atoms with E-state index in [0.29, 0.717) is 24.5 Å². The SMILES string of the molecule is CCCCCCCCCCCCCCCCN1C(=O)C2=C(C(=O)N(CCCCCCCCCCCCCCCC)/C2=c2\ccc(=C(C#N)C#N)o2)/C1=c1/ccc(=C(C#N)C#N)o1. The predicted octanol–water partition coefficient (Wildman–Crippen LogP) is 10.1. The fourth-order valence-electron chi connectivity index (χ4n) is 8.73. The molecule has 0 aromatic carbocycles. The lowest BCUT2D eigenvalue weighted by Gasteiger charge is -2.25. The number of carbonyl (C=O) groups excluding carboxylic acids is 2. The molecule has 0 unspecified atom stereocenters. The maximum Gasteiger partial charge on any atom is 0.261 e. The lowest BCUT2D eigenvalue weighted by molar-refractivity contribution is -0.123. The zero-order chi connectivity index (χ0) is 44.4. The molecule has 2 amide bonds. The van der Waals surface area contributed by atoms with E-state index in [0.717, 1.165) is 51.4 Å². The van der Waals surface area contributed by atoms with Crippen molar-refractivity contribution in [3.8, 4) is 24.3 Å². The molecule has 62 heavy (non-hydrogen) atoms. The van der Waals surface area contributed by atoms with Crippen molar-refractivity contribution in [1.29, 1.82) is 21.0 Å². The minimum Gasteiger partial charge on any atom is -0.453 e. The van der Waals surface area contributed by atoms with Gasteiger partial charge in [-0.25, -0.2) is 0 Å². The van der Waals surface area contributed by atoms with Crippen LogP contribution in [0.15, 0.2) is 44.2 Å². The fourth-order valence-corrected chi connectivity index (χ4v) is 8.73. The molecule has 10 nitrogen and oxygen atoms in total. The smallest absolute Gasteiger partial charge is 0.261 e. The highest BCUT2D eigenvalue weighted by atomic mass is 16.3. The monoisotopic (exact) mass is 843 g/mol. The molecule has 0 fully saturated rings. The Hall–Kier alpha value is -5.32. The Morgan fingerprint density at radius 2 is 0.677 bits per heavy atom. The van der Waals surface area contributed by atoms with Crippen molar-refractivity contribution >= 4 is 34.4 Å². The summed E-state index contributed by atoms with van der Waals surface area (Å²) in [5.74, 6) is -0.719. The van der Waals surface area contributed by atoms with Gasteiger partial charge in [0.05, 0.1) is 11.1 Å². The third-order valence-corrected chi connectivity index (χ3v) is 12.3. The molecule has 10 heteroatoms. The molecule has 0 spiro atoms. The number of unbranched alkanes of at least 4 members (excludes halogenated alkanes) is 26. The predicted molar refractivity (Wildman–Crippen MR) is 243 cm³/mol. The van der Waals surface area contributed by atoms with Gasteiger partial charge in [-0.3, -0.25) is 9.59 Å². The van der Waals surface area contributed by atoms with E-state index in [2.05, 4.69) is 13.8 Å². The molecule has 0 N–H and O–H groups in total. The van der Waals surface area contributed by atoms with Crippen LogP contribution in [0.1, 0.15) is 194 Å². The molecule has 332 valence electrons. The molecule has 0 aliphatic carbocycles. The molecule has 2 aliphatic heterocycles. The Bertz CT molecular complexity index is 2030. The van der Waals surface area contributed by atoms with E-state index >= 15 is 0 Å². The van der Waals surface area contributed by atoms with Crippen LogP contribution < -0.4 is 21.7 Å². The number of nitrogens with zero attached hydrogens (tertiary/aromatic N) is 6. The Labute approximate surface area is 370 Å². The minimum atomic E-state index is -0.359. The van der Waals surface area contributed by atoms with Gasteiger partial charge in [-0.05, 0) is 37.1 Å². The van der Waals surface area contributed by atoms with Crippen LogP contribution >= 0.6 is 0 Å². The van der Waals surface area contributed by atoms with Crippen molar-refractivity contribution < 1.29 is 18.4 Å². The van der Waals surface area contributed by atoms with Crippen LogP contribution in [0.25, 0.3) is 22.5 Å². The van der Waals surface area contributed by atoms with E-state index in [-0.39, 0.29) is 55.8 Å². The van der Waals surface area contributed by atoms with E-state index < -0.39 is 0 Å². The van der Waals surface area contributed by atoms with Gasteiger partial charge < -0.3 is 18.6 Å². The van der Waals surface area contributed by atoms with Crippen LogP contribution in [0.3, 0.4) is 0 Å². The van der Waals surface area contributed by atoms with Crippen molar-refractivity contribution in [2.24, 2.45) is 0 Å². The molecular formula is C52H70N6O4. The van der Waals surface area contributed by atoms with E-state index in [4.69, 9.17) is 8.83 Å². The summed E-state index contributed by atoms with van der Waals surface area (Å²) in [6.07, 6.45) is 33.7. The third kappa shape index (κ3) is 14.4. The van der Waals surface area contributed by atoms with Gasteiger partial charge in [-0.15, -0.1) is 0 Å². The second-order valence-corrected chi connectivity index (χ2v) is 17.1. The highest BCUT2D eigenvalue weighted by molar-refractivity contribution is 6.30. The summed E-state index contributed by atoms with van der Waals surface area (Å²) in [6.45, 7) is 5.21. The van der Waals surface area contributed by atoms with Crippen LogP contribution in [0.5, 0.6) is 0 Å². The second-order valence-electron chi connectivity index (χ2n) is 17.1. The van der Waals surface area contributed by atoms with Crippen LogP contribution in [0.4, 0.5) is 0 Å². The Morgan fingerprint density at radius 3 is 0.935 bits per heavy atom. The number of nitriles is 4. The summed E-state index contributed by atoms with van der Waals surface area (Å²) in [5, 5.41) is 38.3. The van der Waals surface area contributed by atoms with Crippen molar-refractivity contribution in [1.82, 2.24) is 9.80 Å². The minimum absolute atomic E-state index is 0.0658. The van der Waals surface area contributed by atoms with Gasteiger partial charge >= 0.3 is 0 Å². The van der Waals surface area contributed by atoms with Gasteiger partial charge in [0.25, 0.3) is 11.8 Å². The van der Waals surface area contributed by atoms with Crippen molar-refractivity contribution in [2.45, 2.75) is 194 Å². The van der Waals surface area contributed by atoms with E-state index in [1.54, 1.807) is 21.9 Å². The summed E-state index contributed by atoms with van der Waals surface area (Å²) in [7, 11) is 0. The van der Waals surface area contributed by atoms with Gasteiger partial charge in [0.1, 0.15) is 35.7 Å². The summed E-state index contributed by atoms with van der Waals surface area (Å²) in [5.41, 5.74) is 1.20. The molecule has 0 radical (unpaired) electrons. The number of hydrogen-bond acceptors (Lipinski definition) is 8. The van der Waals surface area contributed by atoms with E-state index in [1.165, 1.54) is 141 Å². The summed E-state index contributed by atoms with van der Waals surface area (Å²) in [6, 6.07) is 13.7. The number of hydrogen-bond donors (Lipinski definition) is 0. The molecule has 0 saturated carbocycles. The summed E-state index contributed by atoms with van der Waals surface area (Å²) >= 11 is 0. The highest BCUT2D eigenvalue weighted by Crippen LogP contribution is 2.43. The first-order valence-corrected chi connectivity index (χ1v) is 24.1. The van der Waals surface area contributed by atoms with E-state index in [9.17, 15) is 30.6 Å². The average Bonchev–Trinajstić information content (AvgIpc) is 4.07. The fraction of sp³-hybridized carbons (Fsp3) is 0.615. The third-order valence-electron chi connectivity index (χ3n) is 12.3. The number of furan rings is 2. The summed E-state index contributed by atoms with van der Waals surface area (Å²) < 4.78 is 12.1. The molecule has 2 aliphatic rings. The quantitative estimate of drug-likeness (QED) is 0.0702. The van der Waals surface area contributed by atoms with E-state index in [1.807, 2.05) is 24.3 Å². The zero-order valence-electron chi connectivity index (χ0n) is 37.8. The van der Waals surface area contributed by atoms with Gasteiger partial charge in [0.2, 0.25) is 0 Å². The number of carbonyl (C=O) groups is 2. The molecule has 4 heterocycles. The molecule has 2 aromatic heterocycles. The first-order valence-electron chi connectivity index (χ1n) is 24.1. The maximum atomic E-state index is 14.7. The van der Waals surface area contributed by atoms with Crippen molar-refractivity contribution in [2.75, 3.05) is 13.1 Å². The molecular weight excluding hydrogens is 773 g/mol. The molecule has 0 bridgehead atoms. The standard InChI is InChI=1S/C52H70N6O4/c1-3-5-7-9-11-13-15-17-19-21-23-25-27-29-35-57-49(45-33-31-43(61-45)41(37-53)38-54)47-48(51(57)59)50(46-34-32-44(62-46)42(39-55)40-56)58(52(47)60)36-30-28-26-24-22-20-18-16-14-12-10-8-6-4-2/h31-34H,3-30,35-36H2,1-2H3/b49-45+,50-46+. The zero-order valence-corrected chi connectivity index (χ0v) is 37.8. The summed E-state index contributed by atoms with van der Waals surface area (Å²) in [4.78, 5) is 32.5. The topological polar surface area (TPSA) is 162 Å². The first-order chi connectivity index (χ1) is 30.4. The lowest BCUT2D eigenvalue weighted by atomic mass is 10.0. The van der Waals surface area contributed by atoms with Crippen LogP contribution in [-0.2, 0) is 9.59 Å². The normalized spacial score (nSPS) is 15.2. The first kappa shape index (κ1) is 49.3. The highest BCUT2D eigenvalue weighted by Gasteiger charge is 2.49. The van der Waals surface area contributed by atoms with Gasteiger partial charge in [0, 0.05) is 13.1 Å². The molecule has 2 aromatic rings. The van der Waals surface area contributed by atoms with Crippen molar-refractivity contribution in [3.05, 3.63) is 57.1 Å². The number of amides is 2. The van der Waals surface area contributed by atoms with Crippen LogP contribution in [-0.4, -0.2) is 34.7 Å². The lowest BCUT2D eigenvalue weighted by Crippen LogP contribution is -2.37. The maximum absolute atomic E-state index is 14.7.